The van der Waals surface area contributed by atoms with Crippen LogP contribution in [0.5, 0.6) is 5.75 Å². The highest BCUT2D eigenvalue weighted by atomic mass is 16.5. The van der Waals surface area contributed by atoms with Crippen molar-refractivity contribution in [2.45, 2.75) is 25.4 Å². The lowest BCUT2D eigenvalue weighted by molar-refractivity contribution is -0.148. The molecule has 0 radical (unpaired) electrons. The number of para-hydroxylation sites is 1. The van der Waals surface area contributed by atoms with Gasteiger partial charge in [-0.25, -0.2) is 5.48 Å². The molecule has 31 heavy (non-hydrogen) atoms. The smallest absolute Gasteiger partial charge is 0.247 e. The van der Waals surface area contributed by atoms with Gasteiger partial charge in [0, 0.05) is 38.1 Å². The van der Waals surface area contributed by atoms with Gasteiger partial charge < -0.3 is 14.5 Å². The average molecular weight is 425 g/mol. The van der Waals surface area contributed by atoms with Crippen LogP contribution in [0.4, 0.5) is 5.69 Å². The molecule has 8 nitrogen and oxygen atoms in total. The van der Waals surface area contributed by atoms with Gasteiger partial charge in [-0.3, -0.25) is 19.8 Å². The Morgan fingerprint density at radius 2 is 1.77 bits per heavy atom. The summed E-state index contributed by atoms with van der Waals surface area (Å²) in [7, 11) is 0. The van der Waals surface area contributed by atoms with E-state index in [-0.39, 0.29) is 12.0 Å². The molecule has 1 aromatic heterocycles. The highest BCUT2D eigenvalue weighted by molar-refractivity contribution is 5.87. The van der Waals surface area contributed by atoms with Gasteiger partial charge in [0.25, 0.3) is 0 Å². The summed E-state index contributed by atoms with van der Waals surface area (Å²) in [5.74, 6) is -0.983. The fourth-order valence-corrected chi connectivity index (χ4v) is 4.57. The predicted molar refractivity (Wildman–Crippen MR) is 115 cm³/mol. The summed E-state index contributed by atoms with van der Waals surface area (Å²) in [6, 6.07) is 13.8. The van der Waals surface area contributed by atoms with Crippen LogP contribution in [-0.4, -0.2) is 59.2 Å². The molecule has 1 aromatic carbocycles. The molecule has 2 amide bonds. The van der Waals surface area contributed by atoms with Crippen molar-refractivity contribution < 1.29 is 19.5 Å². The highest BCUT2D eigenvalue weighted by Gasteiger charge is 2.42. The number of hydrogen-bond donors (Lipinski definition) is 2. The molecule has 2 aliphatic rings. The summed E-state index contributed by atoms with van der Waals surface area (Å²) in [6.07, 6.45) is 4.69. The number of carbonyl (C=O) groups excluding carboxylic acids is 2. The number of anilines is 1. The highest BCUT2D eigenvalue weighted by Crippen LogP contribution is 2.34. The number of rotatable bonds is 5. The van der Waals surface area contributed by atoms with E-state index in [0.717, 1.165) is 18.8 Å². The second-order valence-electron chi connectivity index (χ2n) is 8.08. The maximum atomic E-state index is 13.3. The molecule has 2 fully saturated rings. The third kappa shape index (κ3) is 4.96. The zero-order chi connectivity index (χ0) is 21.6. The molecule has 0 unspecified atom stereocenters. The average Bonchev–Trinajstić information content (AvgIpc) is 2.84. The summed E-state index contributed by atoms with van der Waals surface area (Å²) in [5, 5.41) is 9.25. The lowest BCUT2D eigenvalue weighted by atomic mass is 9.76. The third-order valence-corrected chi connectivity index (χ3v) is 6.22. The van der Waals surface area contributed by atoms with E-state index in [9.17, 15) is 14.8 Å². The number of nitrogens with zero attached hydrogens (tertiary/aromatic N) is 3. The van der Waals surface area contributed by atoms with E-state index in [0.29, 0.717) is 38.1 Å². The van der Waals surface area contributed by atoms with Gasteiger partial charge in [0.15, 0.2) is 0 Å². The van der Waals surface area contributed by atoms with Gasteiger partial charge in [-0.05, 0) is 43.5 Å². The fourth-order valence-electron chi connectivity index (χ4n) is 4.57. The Balaban J connectivity index is 1.38. The standard InChI is InChI=1S/C23H28N4O4/c28-22(25-30)21-15-18(31-19-7-4-10-24-16-19)8-9-20(21)23(29)27-13-11-26(12-14-27)17-5-2-1-3-6-17/h1-7,10,16,18,20-21,30H,8-9,11-15H2,(H,25,28)/t18-,20+,21+/m1/s1. The zero-order valence-electron chi connectivity index (χ0n) is 17.4. The second kappa shape index (κ2) is 9.78. The predicted octanol–water partition coefficient (Wildman–Crippen LogP) is 2.10. The van der Waals surface area contributed by atoms with Crippen LogP contribution in [0.1, 0.15) is 19.3 Å². The van der Waals surface area contributed by atoms with E-state index < -0.39 is 17.7 Å². The van der Waals surface area contributed by atoms with Crippen molar-refractivity contribution in [1.82, 2.24) is 15.4 Å². The van der Waals surface area contributed by atoms with E-state index in [1.807, 2.05) is 29.2 Å². The van der Waals surface area contributed by atoms with Crippen LogP contribution in [0.15, 0.2) is 54.9 Å². The van der Waals surface area contributed by atoms with Gasteiger partial charge in [0.2, 0.25) is 11.8 Å². The molecule has 2 aromatic rings. The van der Waals surface area contributed by atoms with Crippen LogP contribution in [0.25, 0.3) is 0 Å². The van der Waals surface area contributed by atoms with Crippen LogP contribution in [0, 0.1) is 11.8 Å². The van der Waals surface area contributed by atoms with Crippen molar-refractivity contribution in [2.24, 2.45) is 11.8 Å². The van der Waals surface area contributed by atoms with Crippen LogP contribution in [0.2, 0.25) is 0 Å². The molecule has 2 N–H and O–H groups in total. The summed E-state index contributed by atoms with van der Waals surface area (Å²) in [5.41, 5.74) is 2.90. The first kappa shape index (κ1) is 21.1. The summed E-state index contributed by atoms with van der Waals surface area (Å²) in [6.45, 7) is 2.75. The van der Waals surface area contributed by atoms with Crippen LogP contribution >= 0.6 is 0 Å². The minimum Gasteiger partial charge on any atom is -0.489 e. The Morgan fingerprint density at radius 3 is 2.45 bits per heavy atom. The quantitative estimate of drug-likeness (QED) is 0.564. The van der Waals surface area contributed by atoms with Crippen LogP contribution in [0.3, 0.4) is 0 Å². The largest absolute Gasteiger partial charge is 0.489 e. The Morgan fingerprint density at radius 1 is 1.00 bits per heavy atom. The molecule has 0 bridgehead atoms. The maximum absolute atomic E-state index is 13.3. The molecule has 4 rings (SSSR count). The SMILES string of the molecule is O=C(NO)[C@H]1C[C@H](Oc2cccnc2)CC[C@@H]1C(=O)N1CCN(c2ccccc2)CC1. The van der Waals surface area contributed by atoms with Crippen molar-refractivity contribution in [3.8, 4) is 5.75 Å². The van der Waals surface area contributed by atoms with Gasteiger partial charge in [-0.15, -0.1) is 0 Å². The monoisotopic (exact) mass is 424 g/mol. The van der Waals surface area contributed by atoms with Gasteiger partial charge >= 0.3 is 0 Å². The minimum atomic E-state index is -0.625. The number of nitrogens with one attached hydrogen (secondary N) is 1. The molecule has 1 aliphatic heterocycles. The maximum Gasteiger partial charge on any atom is 0.247 e. The molecule has 2 heterocycles. The first-order chi connectivity index (χ1) is 15.2. The summed E-state index contributed by atoms with van der Waals surface area (Å²) < 4.78 is 5.96. The number of carbonyl (C=O) groups is 2. The van der Waals surface area contributed by atoms with Crippen LogP contribution < -0.4 is 15.1 Å². The van der Waals surface area contributed by atoms with Gasteiger partial charge in [0.05, 0.1) is 24.1 Å². The van der Waals surface area contributed by atoms with E-state index in [1.165, 1.54) is 0 Å². The topological polar surface area (TPSA) is 95.0 Å². The molecule has 1 saturated heterocycles. The number of hydrogen-bond acceptors (Lipinski definition) is 6. The molecule has 8 heteroatoms. The number of ether oxygens (including phenoxy) is 1. The van der Waals surface area contributed by atoms with Gasteiger partial charge in [0.1, 0.15) is 5.75 Å². The second-order valence-corrected chi connectivity index (χ2v) is 8.08. The Labute approximate surface area is 181 Å². The van der Waals surface area contributed by atoms with Gasteiger partial charge in [-0.1, -0.05) is 18.2 Å². The van der Waals surface area contributed by atoms with Crippen LogP contribution in [-0.2, 0) is 9.59 Å². The summed E-state index contributed by atoms with van der Waals surface area (Å²) in [4.78, 5) is 33.8. The Hall–Kier alpha value is -3.13. The summed E-state index contributed by atoms with van der Waals surface area (Å²) >= 11 is 0. The number of hydroxylamine groups is 1. The molecule has 1 aliphatic carbocycles. The van der Waals surface area contributed by atoms with E-state index in [1.54, 1.807) is 23.9 Å². The molecule has 1 saturated carbocycles. The Bertz CT molecular complexity index is 872. The van der Waals surface area contributed by atoms with Crippen molar-refractivity contribution >= 4 is 17.5 Å². The molecule has 164 valence electrons. The van der Waals surface area contributed by atoms with Crippen molar-refractivity contribution in [1.29, 1.82) is 0 Å². The first-order valence-corrected chi connectivity index (χ1v) is 10.7. The van der Waals surface area contributed by atoms with Crippen molar-refractivity contribution in [3.05, 3.63) is 54.9 Å². The first-order valence-electron chi connectivity index (χ1n) is 10.7. The zero-order valence-corrected chi connectivity index (χ0v) is 17.4. The van der Waals surface area contributed by atoms with E-state index in [4.69, 9.17) is 4.74 Å². The van der Waals surface area contributed by atoms with E-state index >= 15 is 0 Å². The normalized spacial score (nSPS) is 23.8. The molecular weight excluding hydrogens is 396 g/mol. The van der Waals surface area contributed by atoms with E-state index in [2.05, 4.69) is 22.0 Å². The number of aromatic nitrogens is 1. The van der Waals surface area contributed by atoms with Crippen molar-refractivity contribution in [2.75, 3.05) is 31.1 Å². The third-order valence-electron chi connectivity index (χ3n) is 6.22. The fraction of sp³-hybridized carbons (Fsp3) is 0.435. The molecule has 0 spiro atoms. The van der Waals surface area contributed by atoms with Gasteiger partial charge in [-0.2, -0.15) is 0 Å². The lowest BCUT2D eigenvalue weighted by Crippen LogP contribution is -2.53. The molecule has 3 atom stereocenters. The number of pyridine rings is 1. The van der Waals surface area contributed by atoms with Crippen molar-refractivity contribution in [3.63, 3.8) is 0 Å². The minimum absolute atomic E-state index is 0.0128. The number of piperazine rings is 1. The lowest BCUT2D eigenvalue weighted by Gasteiger charge is -2.40. The number of amides is 2. The number of benzene rings is 1. The molecular formula is C23H28N4O4. The Kier molecular flexibility index (Phi) is 6.66.